The van der Waals surface area contributed by atoms with Crippen LogP contribution in [-0.2, 0) is 20.9 Å². The van der Waals surface area contributed by atoms with E-state index < -0.39 is 18.5 Å². The number of carbonyl (C=O) groups excluding carboxylic acids is 2. The highest BCUT2D eigenvalue weighted by molar-refractivity contribution is 7.14. The van der Waals surface area contributed by atoms with E-state index in [9.17, 15) is 9.59 Å². The summed E-state index contributed by atoms with van der Waals surface area (Å²) in [6.07, 6.45) is 0. The molecule has 11 heteroatoms. The van der Waals surface area contributed by atoms with Gasteiger partial charge in [-0.15, -0.1) is 21.5 Å². The van der Waals surface area contributed by atoms with Crippen LogP contribution in [0.3, 0.4) is 0 Å². The molecule has 0 aliphatic carbocycles. The molecule has 0 saturated carbocycles. The SMILES string of the molecule is N#Cc1ccsc1NC(=O)COC(=O)Cn1nnc(-c2ccc(Cl)cc2)n1. The Morgan fingerprint density at radius 2 is 2.07 bits per heavy atom. The number of nitrogens with one attached hydrogen (secondary N) is 1. The lowest BCUT2D eigenvalue weighted by Gasteiger charge is -2.05. The van der Waals surface area contributed by atoms with Gasteiger partial charge in [0, 0.05) is 10.6 Å². The Bertz CT molecular complexity index is 1010. The molecule has 0 aliphatic rings. The molecule has 9 nitrogen and oxygen atoms in total. The maximum Gasteiger partial charge on any atom is 0.330 e. The largest absolute Gasteiger partial charge is 0.454 e. The number of halogens is 1. The van der Waals surface area contributed by atoms with E-state index in [0.717, 1.165) is 4.80 Å². The first-order valence-electron chi connectivity index (χ1n) is 7.52. The average molecular weight is 403 g/mol. The molecule has 0 bridgehead atoms. The summed E-state index contributed by atoms with van der Waals surface area (Å²) in [6.45, 7) is -0.781. The summed E-state index contributed by atoms with van der Waals surface area (Å²) in [5.74, 6) is -0.911. The Morgan fingerprint density at radius 3 is 2.81 bits per heavy atom. The van der Waals surface area contributed by atoms with Crippen molar-refractivity contribution < 1.29 is 14.3 Å². The maximum atomic E-state index is 11.8. The number of benzene rings is 1. The summed E-state index contributed by atoms with van der Waals surface area (Å²) < 4.78 is 4.89. The minimum Gasteiger partial charge on any atom is -0.454 e. The van der Waals surface area contributed by atoms with E-state index in [4.69, 9.17) is 21.6 Å². The minimum absolute atomic E-state index is 0.295. The number of thiophene rings is 1. The van der Waals surface area contributed by atoms with Crippen LogP contribution in [0.15, 0.2) is 35.7 Å². The molecule has 0 aliphatic heterocycles. The third-order valence-corrected chi connectivity index (χ3v) is 4.31. The molecule has 1 aromatic carbocycles. The van der Waals surface area contributed by atoms with Gasteiger partial charge in [-0.2, -0.15) is 10.1 Å². The lowest BCUT2D eigenvalue weighted by Crippen LogP contribution is -2.23. The predicted octanol–water partition coefficient (Wildman–Crippen LogP) is 2.11. The van der Waals surface area contributed by atoms with Crippen molar-refractivity contribution in [3.8, 4) is 17.5 Å². The zero-order chi connectivity index (χ0) is 19.2. The smallest absolute Gasteiger partial charge is 0.330 e. The first-order valence-corrected chi connectivity index (χ1v) is 8.78. The van der Waals surface area contributed by atoms with Crippen LogP contribution in [0.25, 0.3) is 11.4 Å². The molecular formula is C16H11ClN6O3S. The van der Waals surface area contributed by atoms with E-state index in [-0.39, 0.29) is 6.54 Å². The average Bonchev–Trinajstić information content (AvgIpc) is 3.30. The highest BCUT2D eigenvalue weighted by atomic mass is 35.5. The van der Waals surface area contributed by atoms with Crippen molar-refractivity contribution >= 4 is 39.8 Å². The molecule has 0 radical (unpaired) electrons. The monoisotopic (exact) mass is 402 g/mol. The first kappa shape index (κ1) is 18.5. The quantitative estimate of drug-likeness (QED) is 0.626. The van der Waals surface area contributed by atoms with Gasteiger partial charge in [0.15, 0.2) is 13.2 Å². The zero-order valence-electron chi connectivity index (χ0n) is 13.6. The number of nitrogens with zero attached hydrogens (tertiary/aromatic N) is 5. The molecule has 3 rings (SSSR count). The topological polar surface area (TPSA) is 123 Å². The Balaban J connectivity index is 1.50. The summed E-state index contributed by atoms with van der Waals surface area (Å²) in [4.78, 5) is 24.7. The number of rotatable bonds is 6. The molecule has 2 aromatic heterocycles. The van der Waals surface area contributed by atoms with Crippen molar-refractivity contribution in [3.63, 3.8) is 0 Å². The second-order valence-electron chi connectivity index (χ2n) is 5.13. The Hall–Kier alpha value is -3.29. The van der Waals surface area contributed by atoms with Gasteiger partial charge in [-0.1, -0.05) is 11.6 Å². The number of carbonyl (C=O) groups is 2. The number of tetrazole rings is 1. The van der Waals surface area contributed by atoms with Crippen molar-refractivity contribution in [3.05, 3.63) is 46.3 Å². The van der Waals surface area contributed by atoms with Crippen LogP contribution in [0.4, 0.5) is 5.00 Å². The summed E-state index contributed by atoms with van der Waals surface area (Å²) in [6, 6.07) is 10.4. The Kier molecular flexibility index (Phi) is 5.75. The Morgan fingerprint density at radius 1 is 1.30 bits per heavy atom. The number of esters is 1. The molecule has 1 N–H and O–H groups in total. The van der Waals surface area contributed by atoms with Crippen LogP contribution in [-0.4, -0.2) is 38.7 Å². The van der Waals surface area contributed by atoms with Gasteiger partial charge in [0.25, 0.3) is 5.91 Å². The summed E-state index contributed by atoms with van der Waals surface area (Å²) in [7, 11) is 0. The molecule has 0 unspecified atom stereocenters. The van der Waals surface area contributed by atoms with Gasteiger partial charge in [0.2, 0.25) is 5.82 Å². The highest BCUT2D eigenvalue weighted by Crippen LogP contribution is 2.21. The van der Waals surface area contributed by atoms with Gasteiger partial charge >= 0.3 is 5.97 Å². The fourth-order valence-electron chi connectivity index (χ4n) is 1.99. The third kappa shape index (κ3) is 4.87. The number of aromatic nitrogens is 4. The molecule has 1 amide bonds. The van der Waals surface area contributed by atoms with E-state index in [1.807, 2.05) is 6.07 Å². The number of ether oxygens (including phenoxy) is 1. The number of nitriles is 1. The Labute approximate surface area is 162 Å². The van der Waals surface area contributed by atoms with Crippen LogP contribution in [0.1, 0.15) is 5.56 Å². The van der Waals surface area contributed by atoms with Gasteiger partial charge in [-0.25, -0.2) is 4.79 Å². The van der Waals surface area contributed by atoms with Gasteiger partial charge in [-0.05, 0) is 40.9 Å². The van der Waals surface area contributed by atoms with Crippen molar-refractivity contribution in [2.24, 2.45) is 0 Å². The number of anilines is 1. The van der Waals surface area contributed by atoms with Gasteiger partial charge in [0.05, 0.1) is 5.56 Å². The molecule has 136 valence electrons. The van der Waals surface area contributed by atoms with Crippen LogP contribution < -0.4 is 5.32 Å². The number of hydrogen-bond acceptors (Lipinski definition) is 8. The molecule has 27 heavy (non-hydrogen) atoms. The highest BCUT2D eigenvalue weighted by Gasteiger charge is 2.13. The number of amides is 1. The van der Waals surface area contributed by atoms with Gasteiger partial charge in [0.1, 0.15) is 11.1 Å². The fourth-order valence-corrected chi connectivity index (χ4v) is 2.87. The predicted molar refractivity (Wildman–Crippen MR) is 96.9 cm³/mol. The molecular weight excluding hydrogens is 392 g/mol. The second-order valence-corrected chi connectivity index (χ2v) is 6.49. The van der Waals surface area contributed by atoms with E-state index >= 15 is 0 Å². The molecule has 0 spiro atoms. The summed E-state index contributed by atoms with van der Waals surface area (Å²) in [5, 5.41) is 25.8. The zero-order valence-corrected chi connectivity index (χ0v) is 15.2. The van der Waals surface area contributed by atoms with E-state index in [0.29, 0.717) is 27.0 Å². The normalized spacial score (nSPS) is 10.2. The number of hydrogen-bond donors (Lipinski definition) is 1. The maximum absolute atomic E-state index is 11.8. The van der Waals surface area contributed by atoms with E-state index in [1.165, 1.54) is 11.3 Å². The van der Waals surface area contributed by atoms with Crippen molar-refractivity contribution in [2.75, 3.05) is 11.9 Å². The second kappa shape index (κ2) is 8.39. The van der Waals surface area contributed by atoms with Crippen LogP contribution in [0, 0.1) is 11.3 Å². The minimum atomic E-state index is -0.697. The molecule has 2 heterocycles. The van der Waals surface area contributed by atoms with Gasteiger partial charge < -0.3 is 10.1 Å². The third-order valence-electron chi connectivity index (χ3n) is 3.23. The van der Waals surface area contributed by atoms with Gasteiger partial charge in [-0.3, -0.25) is 4.79 Å². The summed E-state index contributed by atoms with van der Waals surface area (Å²) >= 11 is 7.03. The molecule has 0 fully saturated rings. The lowest BCUT2D eigenvalue weighted by atomic mass is 10.2. The molecule has 0 atom stereocenters. The molecule has 0 saturated heterocycles. The van der Waals surface area contributed by atoms with Crippen molar-refractivity contribution in [1.82, 2.24) is 20.2 Å². The molecule has 3 aromatic rings. The van der Waals surface area contributed by atoms with E-state index in [2.05, 4.69) is 20.7 Å². The van der Waals surface area contributed by atoms with E-state index in [1.54, 1.807) is 35.7 Å². The van der Waals surface area contributed by atoms with Crippen LogP contribution in [0.5, 0.6) is 0 Å². The standard InChI is InChI=1S/C16H11ClN6O3S/c17-12-3-1-10(2-4-12)15-20-22-23(21-15)8-14(25)26-9-13(24)19-16-11(7-18)5-6-27-16/h1-6H,8-9H2,(H,19,24). The fraction of sp³-hybridized carbons (Fsp3) is 0.125. The lowest BCUT2D eigenvalue weighted by molar-refractivity contribution is -0.148. The first-order chi connectivity index (χ1) is 13.0. The van der Waals surface area contributed by atoms with Crippen molar-refractivity contribution in [1.29, 1.82) is 5.26 Å². The van der Waals surface area contributed by atoms with Crippen molar-refractivity contribution in [2.45, 2.75) is 6.54 Å². The summed E-state index contributed by atoms with van der Waals surface area (Å²) in [5.41, 5.74) is 1.05. The van der Waals surface area contributed by atoms with Crippen LogP contribution in [0.2, 0.25) is 5.02 Å². The van der Waals surface area contributed by atoms with Crippen LogP contribution >= 0.6 is 22.9 Å².